The van der Waals surface area contributed by atoms with Crippen LogP contribution in [0, 0.1) is 5.41 Å². The summed E-state index contributed by atoms with van der Waals surface area (Å²) >= 11 is 1.68. The first-order valence-electron chi connectivity index (χ1n) is 3.79. The predicted octanol–water partition coefficient (Wildman–Crippen LogP) is 3.34. The first kappa shape index (κ1) is 8.60. The summed E-state index contributed by atoms with van der Waals surface area (Å²) in [7, 11) is 0. The van der Waals surface area contributed by atoms with E-state index in [1.54, 1.807) is 11.8 Å². The third-order valence-corrected chi connectivity index (χ3v) is 3.15. The van der Waals surface area contributed by atoms with Gasteiger partial charge in [0.15, 0.2) is 0 Å². The summed E-state index contributed by atoms with van der Waals surface area (Å²) in [5.41, 5.74) is 3.14. The van der Waals surface area contributed by atoms with Crippen molar-refractivity contribution in [1.29, 1.82) is 5.41 Å². The summed E-state index contributed by atoms with van der Waals surface area (Å²) in [4.78, 5) is 1.16. The Labute approximate surface area is 72.1 Å². The Morgan fingerprint density at radius 1 is 1.64 bits per heavy atom. The van der Waals surface area contributed by atoms with E-state index in [1.165, 1.54) is 5.57 Å². The second-order valence-corrected chi connectivity index (χ2v) is 3.64. The minimum absolute atomic E-state index is 0.717. The molecule has 0 atom stereocenters. The van der Waals surface area contributed by atoms with Crippen LogP contribution in [-0.4, -0.2) is 5.71 Å². The molecule has 1 rings (SSSR count). The molecule has 1 nitrogen and oxygen atoms in total. The maximum absolute atomic E-state index is 7.70. The average molecular weight is 167 g/mol. The summed E-state index contributed by atoms with van der Waals surface area (Å²) in [5, 5.41) is 9.75. The van der Waals surface area contributed by atoms with Gasteiger partial charge in [-0.05, 0) is 31.2 Å². The van der Waals surface area contributed by atoms with Crippen LogP contribution in [0.15, 0.2) is 21.5 Å². The molecule has 0 saturated heterocycles. The molecule has 0 bridgehead atoms. The zero-order valence-electron chi connectivity index (χ0n) is 7.19. The second-order valence-electron chi connectivity index (χ2n) is 2.76. The summed E-state index contributed by atoms with van der Waals surface area (Å²) in [5.74, 6) is 0. The van der Waals surface area contributed by atoms with Crippen LogP contribution in [0.5, 0.6) is 0 Å². The largest absolute Gasteiger partial charge is 0.299 e. The van der Waals surface area contributed by atoms with Crippen molar-refractivity contribution in [2.75, 3.05) is 0 Å². The van der Waals surface area contributed by atoms with Crippen LogP contribution in [0.3, 0.4) is 0 Å². The van der Waals surface area contributed by atoms with E-state index in [0.29, 0.717) is 5.71 Å². The smallest absolute Gasteiger partial charge is 0.0712 e. The lowest BCUT2D eigenvalue weighted by Crippen LogP contribution is -1.95. The van der Waals surface area contributed by atoms with E-state index in [1.807, 2.05) is 6.92 Å². The molecule has 11 heavy (non-hydrogen) atoms. The number of rotatable bonds is 1. The van der Waals surface area contributed by atoms with Crippen LogP contribution >= 0.6 is 11.8 Å². The molecule has 0 aliphatic carbocycles. The maximum Gasteiger partial charge on any atom is 0.0712 e. The highest BCUT2D eigenvalue weighted by Crippen LogP contribution is 2.33. The van der Waals surface area contributed by atoms with Crippen LogP contribution in [-0.2, 0) is 0 Å². The minimum atomic E-state index is 0.717. The molecule has 1 heterocycles. The lowest BCUT2D eigenvalue weighted by molar-refractivity contribution is 1.10. The monoisotopic (exact) mass is 167 g/mol. The van der Waals surface area contributed by atoms with Crippen LogP contribution in [0.1, 0.15) is 27.2 Å². The van der Waals surface area contributed by atoms with Crippen molar-refractivity contribution in [1.82, 2.24) is 0 Å². The number of hydrogen-bond donors (Lipinski definition) is 1. The summed E-state index contributed by atoms with van der Waals surface area (Å²) in [6, 6.07) is 0. The molecule has 60 valence electrons. The molecule has 0 amide bonds. The molecule has 0 radical (unpaired) electrons. The third-order valence-electron chi connectivity index (χ3n) is 1.89. The lowest BCUT2D eigenvalue weighted by atomic mass is 10.1. The number of thioether (sulfide) groups is 1. The normalized spacial score (nSPS) is 22.1. The molecule has 0 aromatic carbocycles. The third kappa shape index (κ3) is 1.56. The fraction of sp³-hybridized carbons (Fsp3) is 0.444. The Morgan fingerprint density at radius 3 is 2.64 bits per heavy atom. The SMILES string of the molecule is CC/C(C)=C1/SC=C(C)C1=N. The van der Waals surface area contributed by atoms with Gasteiger partial charge in [-0.1, -0.05) is 24.3 Å². The van der Waals surface area contributed by atoms with Crippen molar-refractivity contribution in [3.05, 3.63) is 21.5 Å². The van der Waals surface area contributed by atoms with Gasteiger partial charge in [0, 0.05) is 4.91 Å². The summed E-state index contributed by atoms with van der Waals surface area (Å²) in [6.07, 6.45) is 1.05. The Balaban J connectivity index is 2.91. The zero-order valence-corrected chi connectivity index (χ0v) is 8.01. The highest BCUT2D eigenvalue weighted by molar-refractivity contribution is 8.07. The molecule has 1 N–H and O–H groups in total. The van der Waals surface area contributed by atoms with Gasteiger partial charge in [-0.15, -0.1) is 0 Å². The van der Waals surface area contributed by atoms with E-state index >= 15 is 0 Å². The Kier molecular flexibility index (Phi) is 2.55. The maximum atomic E-state index is 7.70. The van der Waals surface area contributed by atoms with Crippen molar-refractivity contribution in [2.45, 2.75) is 27.2 Å². The van der Waals surface area contributed by atoms with Gasteiger partial charge in [0.1, 0.15) is 0 Å². The highest BCUT2D eigenvalue weighted by Gasteiger charge is 2.15. The average Bonchev–Trinajstić information content (AvgIpc) is 2.32. The molecule has 0 saturated carbocycles. The second kappa shape index (κ2) is 3.26. The number of hydrogen-bond acceptors (Lipinski definition) is 2. The molecule has 1 aliphatic rings. The van der Waals surface area contributed by atoms with E-state index in [0.717, 1.165) is 16.9 Å². The quantitative estimate of drug-likeness (QED) is 0.636. The van der Waals surface area contributed by atoms with Crippen molar-refractivity contribution in [3.8, 4) is 0 Å². The Morgan fingerprint density at radius 2 is 2.27 bits per heavy atom. The van der Waals surface area contributed by atoms with E-state index in [4.69, 9.17) is 5.41 Å². The molecule has 2 heteroatoms. The van der Waals surface area contributed by atoms with E-state index < -0.39 is 0 Å². The van der Waals surface area contributed by atoms with Gasteiger partial charge in [0.05, 0.1) is 5.71 Å². The van der Waals surface area contributed by atoms with Crippen LogP contribution in [0.2, 0.25) is 0 Å². The standard InChI is InChI=1S/C9H13NS/c1-4-6(2)9-8(10)7(3)5-11-9/h5,10H,4H2,1-3H3/b9-6+,10-8?. The molecular weight excluding hydrogens is 154 g/mol. The van der Waals surface area contributed by atoms with Gasteiger partial charge in [-0.3, -0.25) is 5.41 Å². The zero-order chi connectivity index (χ0) is 8.43. The lowest BCUT2D eigenvalue weighted by Gasteiger charge is -2.02. The van der Waals surface area contributed by atoms with Gasteiger partial charge in [0.2, 0.25) is 0 Å². The number of nitrogens with one attached hydrogen (secondary N) is 1. The minimum Gasteiger partial charge on any atom is -0.299 e. The Hall–Kier alpha value is -0.500. The predicted molar refractivity (Wildman–Crippen MR) is 52.1 cm³/mol. The van der Waals surface area contributed by atoms with E-state index in [2.05, 4.69) is 19.3 Å². The molecule has 0 aromatic rings. The topological polar surface area (TPSA) is 23.9 Å². The van der Waals surface area contributed by atoms with Crippen LogP contribution < -0.4 is 0 Å². The molecular formula is C9H13NS. The summed E-state index contributed by atoms with van der Waals surface area (Å²) in [6.45, 7) is 6.22. The first-order chi connectivity index (χ1) is 5.16. The molecule has 0 aromatic heterocycles. The van der Waals surface area contributed by atoms with Crippen molar-refractivity contribution in [2.24, 2.45) is 0 Å². The van der Waals surface area contributed by atoms with Gasteiger partial charge in [-0.25, -0.2) is 0 Å². The van der Waals surface area contributed by atoms with Crippen molar-refractivity contribution >= 4 is 17.5 Å². The summed E-state index contributed by atoms with van der Waals surface area (Å²) < 4.78 is 0. The van der Waals surface area contributed by atoms with Gasteiger partial charge >= 0.3 is 0 Å². The first-order valence-corrected chi connectivity index (χ1v) is 4.67. The van der Waals surface area contributed by atoms with Gasteiger partial charge < -0.3 is 0 Å². The molecule has 0 fully saturated rings. The van der Waals surface area contributed by atoms with Gasteiger partial charge in [-0.2, -0.15) is 0 Å². The van der Waals surface area contributed by atoms with E-state index in [9.17, 15) is 0 Å². The van der Waals surface area contributed by atoms with Crippen LogP contribution in [0.4, 0.5) is 0 Å². The number of allylic oxidation sites excluding steroid dienone is 3. The fourth-order valence-corrected chi connectivity index (χ4v) is 1.96. The van der Waals surface area contributed by atoms with E-state index in [-0.39, 0.29) is 0 Å². The highest BCUT2D eigenvalue weighted by atomic mass is 32.2. The van der Waals surface area contributed by atoms with Gasteiger partial charge in [0.25, 0.3) is 0 Å². The molecule has 1 aliphatic heterocycles. The van der Waals surface area contributed by atoms with Crippen LogP contribution in [0.25, 0.3) is 0 Å². The Bertz CT molecular complexity index is 246. The molecule has 0 unspecified atom stereocenters. The van der Waals surface area contributed by atoms with Crippen molar-refractivity contribution in [3.63, 3.8) is 0 Å². The fourth-order valence-electron chi connectivity index (χ4n) is 0.919. The van der Waals surface area contributed by atoms with Crippen molar-refractivity contribution < 1.29 is 0 Å². The molecule has 0 spiro atoms.